The molecule has 4 nitrogen and oxygen atoms in total. The lowest BCUT2D eigenvalue weighted by Crippen LogP contribution is -1.99. The Morgan fingerprint density at radius 1 is 0.929 bits per heavy atom. The SMILES string of the molecule is CSCc1ccc(-c2cnc(C(=O)CCCCCCc3ccccc3)o2)nc1. The van der Waals surface area contributed by atoms with Gasteiger partial charge in [-0.05, 0) is 42.7 Å². The zero-order valence-electron chi connectivity index (χ0n) is 16.3. The molecular formula is C23H26N2O2S. The number of rotatable bonds is 11. The number of nitrogens with zero attached hydrogens (tertiary/aromatic N) is 2. The van der Waals surface area contributed by atoms with E-state index >= 15 is 0 Å². The number of aryl methyl sites for hydroxylation is 1. The molecule has 5 heteroatoms. The van der Waals surface area contributed by atoms with E-state index in [0.717, 1.165) is 37.9 Å². The van der Waals surface area contributed by atoms with Crippen LogP contribution in [0, 0.1) is 0 Å². The van der Waals surface area contributed by atoms with E-state index in [-0.39, 0.29) is 11.7 Å². The number of thioether (sulfide) groups is 1. The molecular weight excluding hydrogens is 368 g/mol. The van der Waals surface area contributed by atoms with Gasteiger partial charge in [-0.25, -0.2) is 4.98 Å². The standard InChI is InChI=1S/C23H26N2O2S/c1-28-17-19-13-14-20(24-15-19)22-16-25-23(27-22)21(26)12-8-3-2-5-9-18-10-6-4-7-11-18/h4,6-7,10-11,13-16H,2-3,5,8-9,12,17H2,1H3. The summed E-state index contributed by atoms with van der Waals surface area (Å²) in [5, 5.41) is 0. The Hall–Kier alpha value is -2.40. The van der Waals surface area contributed by atoms with Crippen LogP contribution in [0.1, 0.15) is 53.9 Å². The van der Waals surface area contributed by atoms with Crippen molar-refractivity contribution in [1.82, 2.24) is 9.97 Å². The largest absolute Gasteiger partial charge is 0.432 e. The molecule has 1 aromatic carbocycles. The fourth-order valence-electron chi connectivity index (χ4n) is 3.06. The number of benzene rings is 1. The molecule has 0 aliphatic carbocycles. The summed E-state index contributed by atoms with van der Waals surface area (Å²) in [7, 11) is 0. The minimum absolute atomic E-state index is 0.0340. The van der Waals surface area contributed by atoms with E-state index in [4.69, 9.17) is 4.42 Å². The van der Waals surface area contributed by atoms with E-state index < -0.39 is 0 Å². The molecule has 28 heavy (non-hydrogen) atoms. The Kier molecular flexibility index (Phi) is 7.85. The van der Waals surface area contributed by atoms with Crippen molar-refractivity contribution in [3.8, 4) is 11.5 Å². The summed E-state index contributed by atoms with van der Waals surface area (Å²) in [6, 6.07) is 14.5. The zero-order valence-corrected chi connectivity index (χ0v) is 17.1. The van der Waals surface area contributed by atoms with E-state index in [1.165, 1.54) is 11.1 Å². The quantitative estimate of drug-likeness (QED) is 0.296. The summed E-state index contributed by atoms with van der Waals surface area (Å²) >= 11 is 1.76. The Balaban J connectivity index is 1.40. The molecule has 0 spiro atoms. The van der Waals surface area contributed by atoms with Crippen LogP contribution in [0.3, 0.4) is 0 Å². The van der Waals surface area contributed by atoms with Gasteiger partial charge in [-0.3, -0.25) is 9.78 Å². The second-order valence-corrected chi connectivity index (χ2v) is 7.70. The highest BCUT2D eigenvalue weighted by molar-refractivity contribution is 7.97. The molecule has 0 amide bonds. The second kappa shape index (κ2) is 10.8. The maximum Gasteiger partial charge on any atom is 0.263 e. The zero-order chi connectivity index (χ0) is 19.6. The highest BCUT2D eigenvalue weighted by Crippen LogP contribution is 2.20. The van der Waals surface area contributed by atoms with Crippen molar-refractivity contribution in [2.24, 2.45) is 0 Å². The lowest BCUT2D eigenvalue weighted by Gasteiger charge is -2.01. The lowest BCUT2D eigenvalue weighted by atomic mass is 10.0. The molecule has 0 fully saturated rings. The monoisotopic (exact) mass is 394 g/mol. The molecule has 0 unspecified atom stereocenters. The highest BCUT2D eigenvalue weighted by atomic mass is 32.2. The first-order valence-corrected chi connectivity index (χ1v) is 11.1. The van der Waals surface area contributed by atoms with Gasteiger partial charge in [0.2, 0.25) is 5.78 Å². The second-order valence-electron chi connectivity index (χ2n) is 6.84. The maximum atomic E-state index is 12.3. The van der Waals surface area contributed by atoms with Crippen molar-refractivity contribution in [1.29, 1.82) is 0 Å². The van der Waals surface area contributed by atoms with Crippen molar-refractivity contribution in [2.45, 2.75) is 44.3 Å². The van der Waals surface area contributed by atoms with Crippen LogP contribution in [-0.4, -0.2) is 22.0 Å². The van der Waals surface area contributed by atoms with Gasteiger partial charge < -0.3 is 4.42 Å². The third kappa shape index (κ3) is 6.06. The topological polar surface area (TPSA) is 56.0 Å². The van der Waals surface area contributed by atoms with Gasteiger partial charge in [-0.1, -0.05) is 49.2 Å². The average Bonchev–Trinajstić information content (AvgIpc) is 3.22. The van der Waals surface area contributed by atoms with Gasteiger partial charge in [-0.15, -0.1) is 0 Å². The Morgan fingerprint density at radius 2 is 1.75 bits per heavy atom. The minimum atomic E-state index is -0.0340. The predicted octanol–water partition coefficient (Wildman–Crippen LogP) is 5.98. The van der Waals surface area contributed by atoms with Gasteiger partial charge in [0.05, 0.1) is 6.20 Å². The number of hydrogen-bond donors (Lipinski definition) is 0. The van der Waals surface area contributed by atoms with E-state index in [1.807, 2.05) is 24.4 Å². The number of oxazole rings is 1. The number of ketones is 1. The molecule has 0 saturated carbocycles. The molecule has 0 bridgehead atoms. The summed E-state index contributed by atoms with van der Waals surface area (Å²) in [6.07, 6.45) is 11.3. The molecule has 0 aliphatic rings. The van der Waals surface area contributed by atoms with E-state index in [1.54, 1.807) is 18.0 Å². The minimum Gasteiger partial charge on any atom is -0.432 e. The number of hydrogen-bond acceptors (Lipinski definition) is 5. The maximum absolute atomic E-state index is 12.3. The predicted molar refractivity (Wildman–Crippen MR) is 115 cm³/mol. The van der Waals surface area contributed by atoms with Crippen LogP contribution >= 0.6 is 11.8 Å². The first-order chi connectivity index (χ1) is 13.8. The van der Waals surface area contributed by atoms with Crippen molar-refractivity contribution in [3.63, 3.8) is 0 Å². The Morgan fingerprint density at radius 3 is 2.50 bits per heavy atom. The van der Waals surface area contributed by atoms with Gasteiger partial charge in [0.1, 0.15) is 5.69 Å². The van der Waals surface area contributed by atoms with Gasteiger partial charge >= 0.3 is 0 Å². The lowest BCUT2D eigenvalue weighted by molar-refractivity contribution is 0.0946. The molecule has 146 valence electrons. The van der Waals surface area contributed by atoms with Crippen LogP contribution in [0.15, 0.2) is 59.3 Å². The van der Waals surface area contributed by atoms with E-state index in [9.17, 15) is 4.79 Å². The van der Waals surface area contributed by atoms with Crippen LogP contribution in [0.2, 0.25) is 0 Å². The number of carbonyl (C=O) groups is 1. The number of unbranched alkanes of at least 4 members (excludes halogenated alkanes) is 3. The van der Waals surface area contributed by atoms with E-state index in [0.29, 0.717) is 17.9 Å². The number of carbonyl (C=O) groups excluding carboxylic acids is 1. The number of aromatic nitrogens is 2. The normalized spacial score (nSPS) is 10.9. The molecule has 3 aromatic rings. The highest BCUT2D eigenvalue weighted by Gasteiger charge is 2.14. The average molecular weight is 395 g/mol. The molecule has 0 radical (unpaired) electrons. The molecule has 3 rings (SSSR count). The summed E-state index contributed by atoms with van der Waals surface area (Å²) in [5.74, 6) is 1.63. The summed E-state index contributed by atoms with van der Waals surface area (Å²) < 4.78 is 5.64. The van der Waals surface area contributed by atoms with Crippen LogP contribution in [0.4, 0.5) is 0 Å². The molecule has 2 heterocycles. The third-order valence-electron chi connectivity index (χ3n) is 4.59. The van der Waals surface area contributed by atoms with Gasteiger partial charge in [0.15, 0.2) is 5.76 Å². The number of Topliss-reactive ketones (excluding diaryl/α,β-unsaturated/α-hetero) is 1. The van der Waals surface area contributed by atoms with Crippen LogP contribution < -0.4 is 0 Å². The first-order valence-electron chi connectivity index (χ1n) is 9.73. The number of pyridine rings is 1. The summed E-state index contributed by atoms with van der Waals surface area (Å²) in [6.45, 7) is 0. The van der Waals surface area contributed by atoms with E-state index in [2.05, 4.69) is 40.5 Å². The van der Waals surface area contributed by atoms with Gasteiger partial charge in [0.25, 0.3) is 5.89 Å². The van der Waals surface area contributed by atoms with Crippen LogP contribution in [0.5, 0.6) is 0 Å². The van der Waals surface area contributed by atoms with Crippen molar-refractivity contribution in [2.75, 3.05) is 6.26 Å². The molecule has 0 atom stereocenters. The smallest absolute Gasteiger partial charge is 0.263 e. The third-order valence-corrected chi connectivity index (χ3v) is 5.22. The Bertz CT molecular complexity index is 860. The van der Waals surface area contributed by atoms with Crippen molar-refractivity contribution < 1.29 is 9.21 Å². The van der Waals surface area contributed by atoms with Gasteiger partial charge in [0, 0.05) is 18.4 Å². The molecule has 2 aromatic heterocycles. The fourth-order valence-corrected chi connectivity index (χ4v) is 3.57. The summed E-state index contributed by atoms with van der Waals surface area (Å²) in [4.78, 5) is 20.9. The molecule has 0 aliphatic heterocycles. The fraction of sp³-hybridized carbons (Fsp3) is 0.348. The molecule has 0 saturated heterocycles. The van der Waals surface area contributed by atoms with Crippen molar-refractivity contribution in [3.05, 3.63) is 71.9 Å². The first kappa shape index (κ1) is 20.3. The summed E-state index contributed by atoms with van der Waals surface area (Å²) in [5.41, 5.74) is 3.25. The molecule has 0 N–H and O–H groups in total. The van der Waals surface area contributed by atoms with Crippen LogP contribution in [0.25, 0.3) is 11.5 Å². The van der Waals surface area contributed by atoms with Crippen LogP contribution in [-0.2, 0) is 12.2 Å². The Labute approximate surface area is 170 Å². The van der Waals surface area contributed by atoms with Gasteiger partial charge in [-0.2, -0.15) is 11.8 Å². The van der Waals surface area contributed by atoms with Crippen molar-refractivity contribution >= 4 is 17.5 Å².